The molecule has 3 heteroatoms. The molecule has 0 spiro atoms. The van der Waals surface area contributed by atoms with E-state index in [-0.39, 0.29) is 6.04 Å². The Morgan fingerprint density at radius 3 is 2.62 bits per heavy atom. The summed E-state index contributed by atoms with van der Waals surface area (Å²) < 4.78 is 5.28. The standard InChI is InChI=1S/C18H18N2O/c1-13(20-17-8-5-11-19-18(17)21-2)15-10-9-14-6-3-4-7-16(14)12-15/h3-13,20H,1-2H3. The van der Waals surface area contributed by atoms with Crippen molar-refractivity contribution < 1.29 is 4.74 Å². The molecular formula is C18H18N2O. The molecule has 1 atom stereocenters. The zero-order valence-electron chi connectivity index (χ0n) is 12.2. The molecule has 0 saturated heterocycles. The van der Waals surface area contributed by atoms with Gasteiger partial charge in [0.05, 0.1) is 12.8 Å². The Kier molecular flexibility index (Phi) is 3.73. The van der Waals surface area contributed by atoms with Crippen molar-refractivity contribution in [3.8, 4) is 5.88 Å². The fraction of sp³-hybridized carbons (Fsp3) is 0.167. The summed E-state index contributed by atoms with van der Waals surface area (Å²) in [5.74, 6) is 0.616. The van der Waals surface area contributed by atoms with Crippen molar-refractivity contribution >= 4 is 16.5 Å². The summed E-state index contributed by atoms with van der Waals surface area (Å²) in [7, 11) is 1.63. The number of hydrogen-bond acceptors (Lipinski definition) is 3. The van der Waals surface area contributed by atoms with Crippen LogP contribution in [-0.4, -0.2) is 12.1 Å². The second kappa shape index (κ2) is 5.83. The smallest absolute Gasteiger partial charge is 0.237 e. The molecule has 21 heavy (non-hydrogen) atoms. The first kappa shape index (κ1) is 13.4. The van der Waals surface area contributed by atoms with Crippen LogP contribution in [0.2, 0.25) is 0 Å². The van der Waals surface area contributed by atoms with Crippen LogP contribution in [0.5, 0.6) is 5.88 Å². The van der Waals surface area contributed by atoms with Crippen molar-refractivity contribution in [3.63, 3.8) is 0 Å². The maximum Gasteiger partial charge on any atom is 0.237 e. The lowest BCUT2D eigenvalue weighted by Crippen LogP contribution is -2.08. The largest absolute Gasteiger partial charge is 0.480 e. The molecule has 0 aliphatic carbocycles. The Bertz CT molecular complexity index is 755. The zero-order valence-corrected chi connectivity index (χ0v) is 12.2. The van der Waals surface area contributed by atoms with E-state index in [1.807, 2.05) is 12.1 Å². The van der Waals surface area contributed by atoms with Crippen LogP contribution in [0.1, 0.15) is 18.5 Å². The van der Waals surface area contributed by atoms with E-state index in [0.29, 0.717) is 5.88 Å². The first-order valence-electron chi connectivity index (χ1n) is 7.02. The van der Waals surface area contributed by atoms with Gasteiger partial charge in [0.1, 0.15) is 0 Å². The summed E-state index contributed by atoms with van der Waals surface area (Å²) >= 11 is 0. The predicted octanol–water partition coefficient (Wildman–Crippen LogP) is 4.42. The lowest BCUT2D eigenvalue weighted by molar-refractivity contribution is 0.399. The fourth-order valence-electron chi connectivity index (χ4n) is 2.46. The van der Waals surface area contributed by atoms with E-state index in [2.05, 4.69) is 59.7 Å². The lowest BCUT2D eigenvalue weighted by atomic mass is 10.0. The second-order valence-corrected chi connectivity index (χ2v) is 5.03. The van der Waals surface area contributed by atoms with Gasteiger partial charge in [0.25, 0.3) is 0 Å². The van der Waals surface area contributed by atoms with Crippen LogP contribution in [0.25, 0.3) is 10.8 Å². The van der Waals surface area contributed by atoms with Crippen molar-refractivity contribution in [1.29, 1.82) is 0 Å². The van der Waals surface area contributed by atoms with E-state index in [9.17, 15) is 0 Å². The summed E-state index contributed by atoms with van der Waals surface area (Å²) in [6, 6.07) is 19.0. The maximum atomic E-state index is 5.28. The van der Waals surface area contributed by atoms with Gasteiger partial charge >= 0.3 is 0 Å². The van der Waals surface area contributed by atoms with E-state index >= 15 is 0 Å². The highest BCUT2D eigenvalue weighted by Gasteiger charge is 2.09. The van der Waals surface area contributed by atoms with Gasteiger partial charge in [-0.2, -0.15) is 0 Å². The van der Waals surface area contributed by atoms with Crippen LogP contribution in [0.15, 0.2) is 60.8 Å². The summed E-state index contributed by atoms with van der Waals surface area (Å²) in [4.78, 5) is 4.21. The molecule has 1 heterocycles. The molecule has 0 fully saturated rings. The monoisotopic (exact) mass is 278 g/mol. The predicted molar refractivity (Wildman–Crippen MR) is 86.8 cm³/mol. The highest BCUT2D eigenvalue weighted by molar-refractivity contribution is 5.83. The Morgan fingerprint density at radius 1 is 1.00 bits per heavy atom. The van der Waals surface area contributed by atoms with Crippen LogP contribution >= 0.6 is 0 Å². The molecule has 0 aliphatic heterocycles. The number of aromatic nitrogens is 1. The number of rotatable bonds is 4. The molecule has 0 aliphatic rings. The first-order chi connectivity index (χ1) is 10.3. The van der Waals surface area contributed by atoms with Crippen molar-refractivity contribution in [2.24, 2.45) is 0 Å². The van der Waals surface area contributed by atoms with Crippen LogP contribution in [0, 0.1) is 0 Å². The molecule has 0 bridgehead atoms. The van der Waals surface area contributed by atoms with E-state index in [1.165, 1.54) is 16.3 Å². The van der Waals surface area contributed by atoms with Crippen molar-refractivity contribution in [1.82, 2.24) is 4.98 Å². The highest BCUT2D eigenvalue weighted by Crippen LogP contribution is 2.27. The average Bonchev–Trinajstić information content (AvgIpc) is 2.55. The molecule has 106 valence electrons. The van der Waals surface area contributed by atoms with Gasteiger partial charge in [0, 0.05) is 12.2 Å². The third kappa shape index (κ3) is 2.82. The molecule has 0 radical (unpaired) electrons. The van der Waals surface area contributed by atoms with Gasteiger partial charge in [-0.05, 0) is 41.5 Å². The molecule has 0 saturated carbocycles. The Hall–Kier alpha value is -2.55. The Balaban J connectivity index is 1.88. The molecule has 1 unspecified atom stereocenters. The van der Waals surface area contributed by atoms with E-state index in [0.717, 1.165) is 5.69 Å². The van der Waals surface area contributed by atoms with Gasteiger partial charge in [-0.15, -0.1) is 0 Å². The van der Waals surface area contributed by atoms with Gasteiger partial charge in [-0.25, -0.2) is 4.98 Å². The Morgan fingerprint density at radius 2 is 1.81 bits per heavy atom. The summed E-state index contributed by atoms with van der Waals surface area (Å²) in [5, 5.41) is 5.96. The van der Waals surface area contributed by atoms with Gasteiger partial charge in [-0.1, -0.05) is 36.4 Å². The number of hydrogen-bond donors (Lipinski definition) is 1. The number of pyridine rings is 1. The van der Waals surface area contributed by atoms with E-state index < -0.39 is 0 Å². The van der Waals surface area contributed by atoms with Gasteiger partial charge in [0.15, 0.2) is 0 Å². The maximum absolute atomic E-state index is 5.28. The molecule has 3 nitrogen and oxygen atoms in total. The highest BCUT2D eigenvalue weighted by atomic mass is 16.5. The third-order valence-electron chi connectivity index (χ3n) is 3.61. The van der Waals surface area contributed by atoms with Crippen molar-refractivity contribution in [2.45, 2.75) is 13.0 Å². The van der Waals surface area contributed by atoms with Crippen LogP contribution in [0.3, 0.4) is 0 Å². The number of methoxy groups -OCH3 is 1. The normalized spacial score (nSPS) is 12.1. The number of benzene rings is 2. The number of nitrogens with zero attached hydrogens (tertiary/aromatic N) is 1. The van der Waals surface area contributed by atoms with Crippen LogP contribution < -0.4 is 10.1 Å². The number of ether oxygens (including phenoxy) is 1. The first-order valence-corrected chi connectivity index (χ1v) is 7.02. The quantitative estimate of drug-likeness (QED) is 0.767. The van der Waals surface area contributed by atoms with Gasteiger partial charge in [-0.3, -0.25) is 0 Å². The van der Waals surface area contributed by atoms with E-state index in [1.54, 1.807) is 13.3 Å². The molecule has 0 amide bonds. The van der Waals surface area contributed by atoms with Crippen LogP contribution in [0.4, 0.5) is 5.69 Å². The number of nitrogens with one attached hydrogen (secondary N) is 1. The minimum atomic E-state index is 0.174. The zero-order chi connectivity index (χ0) is 14.7. The third-order valence-corrected chi connectivity index (χ3v) is 3.61. The summed E-state index contributed by atoms with van der Waals surface area (Å²) in [5.41, 5.74) is 2.14. The van der Waals surface area contributed by atoms with Crippen LogP contribution in [-0.2, 0) is 0 Å². The SMILES string of the molecule is COc1ncccc1NC(C)c1ccc2ccccc2c1. The number of anilines is 1. The minimum Gasteiger partial charge on any atom is -0.480 e. The van der Waals surface area contributed by atoms with Crippen molar-refractivity contribution in [3.05, 3.63) is 66.4 Å². The fourth-order valence-corrected chi connectivity index (χ4v) is 2.46. The lowest BCUT2D eigenvalue weighted by Gasteiger charge is -2.17. The topological polar surface area (TPSA) is 34.1 Å². The number of fused-ring (bicyclic) bond motifs is 1. The summed E-state index contributed by atoms with van der Waals surface area (Å²) in [6.07, 6.45) is 1.73. The molecular weight excluding hydrogens is 260 g/mol. The molecule has 2 aromatic carbocycles. The van der Waals surface area contributed by atoms with Gasteiger partial charge < -0.3 is 10.1 Å². The van der Waals surface area contributed by atoms with E-state index in [4.69, 9.17) is 4.74 Å². The molecule has 3 aromatic rings. The van der Waals surface area contributed by atoms with Crippen molar-refractivity contribution in [2.75, 3.05) is 12.4 Å². The minimum absolute atomic E-state index is 0.174. The summed E-state index contributed by atoms with van der Waals surface area (Å²) in [6.45, 7) is 2.14. The molecule has 1 aromatic heterocycles. The van der Waals surface area contributed by atoms with Gasteiger partial charge in [0.2, 0.25) is 5.88 Å². The Labute approximate surface area is 124 Å². The second-order valence-electron chi connectivity index (χ2n) is 5.03. The average molecular weight is 278 g/mol. The molecule has 3 rings (SSSR count). The molecule has 1 N–H and O–H groups in total.